The Balaban J connectivity index is 2.28. The summed E-state index contributed by atoms with van der Waals surface area (Å²) in [6.45, 7) is 0. The fraction of sp³-hybridized carbons (Fsp3) is 0.0909. The SMILES string of the molecule is N[C@H](c1ccc(Cl)cc1)c1ccsc1. The van der Waals surface area contributed by atoms with Gasteiger partial charge >= 0.3 is 0 Å². The van der Waals surface area contributed by atoms with Crippen LogP contribution >= 0.6 is 22.9 Å². The molecule has 1 aromatic carbocycles. The first-order valence-corrected chi connectivity index (χ1v) is 5.62. The molecule has 3 heteroatoms. The molecule has 14 heavy (non-hydrogen) atoms. The largest absolute Gasteiger partial charge is 0.320 e. The molecule has 0 amide bonds. The van der Waals surface area contributed by atoms with E-state index in [1.165, 1.54) is 0 Å². The average Bonchev–Trinajstić information content (AvgIpc) is 2.71. The van der Waals surface area contributed by atoms with Gasteiger partial charge in [-0.1, -0.05) is 23.7 Å². The van der Waals surface area contributed by atoms with Crippen LogP contribution in [0.3, 0.4) is 0 Å². The lowest BCUT2D eigenvalue weighted by atomic mass is 10.0. The van der Waals surface area contributed by atoms with Crippen LogP contribution in [0.5, 0.6) is 0 Å². The molecule has 2 rings (SSSR count). The predicted octanol–water partition coefficient (Wildman–Crippen LogP) is 3.45. The van der Waals surface area contributed by atoms with Gasteiger partial charge in [-0.3, -0.25) is 0 Å². The molecule has 2 N–H and O–H groups in total. The van der Waals surface area contributed by atoms with Crippen molar-refractivity contribution in [2.75, 3.05) is 0 Å². The highest BCUT2D eigenvalue weighted by Crippen LogP contribution is 2.22. The molecular formula is C11H10ClNS. The molecule has 0 aliphatic carbocycles. The van der Waals surface area contributed by atoms with Crippen LogP contribution in [-0.2, 0) is 0 Å². The Labute approximate surface area is 92.1 Å². The number of halogens is 1. The van der Waals surface area contributed by atoms with E-state index < -0.39 is 0 Å². The summed E-state index contributed by atoms with van der Waals surface area (Å²) in [5.74, 6) is 0. The van der Waals surface area contributed by atoms with Crippen LogP contribution in [0.2, 0.25) is 5.02 Å². The summed E-state index contributed by atoms with van der Waals surface area (Å²) in [6.07, 6.45) is 0. The van der Waals surface area contributed by atoms with Gasteiger partial charge in [0.15, 0.2) is 0 Å². The molecule has 0 aliphatic heterocycles. The second-order valence-corrected chi connectivity index (χ2v) is 4.30. The standard InChI is InChI=1S/C11H10ClNS/c12-10-3-1-8(2-4-10)11(13)9-5-6-14-7-9/h1-7,11H,13H2/t11-/m1/s1. The van der Waals surface area contributed by atoms with Crippen LogP contribution in [0.1, 0.15) is 17.2 Å². The molecule has 72 valence electrons. The zero-order chi connectivity index (χ0) is 9.97. The van der Waals surface area contributed by atoms with Gasteiger partial charge in [0.2, 0.25) is 0 Å². The zero-order valence-corrected chi connectivity index (χ0v) is 9.05. The van der Waals surface area contributed by atoms with Crippen molar-refractivity contribution in [3.8, 4) is 0 Å². The highest BCUT2D eigenvalue weighted by molar-refractivity contribution is 7.08. The van der Waals surface area contributed by atoms with Crippen molar-refractivity contribution in [1.29, 1.82) is 0 Å². The summed E-state index contributed by atoms with van der Waals surface area (Å²) in [7, 11) is 0. The second kappa shape index (κ2) is 4.13. The lowest BCUT2D eigenvalue weighted by molar-refractivity contribution is 0.877. The monoisotopic (exact) mass is 223 g/mol. The lowest BCUT2D eigenvalue weighted by Crippen LogP contribution is -2.10. The molecule has 0 saturated heterocycles. The van der Waals surface area contributed by atoms with Crippen molar-refractivity contribution in [2.24, 2.45) is 5.73 Å². The van der Waals surface area contributed by atoms with Gasteiger partial charge in [-0.25, -0.2) is 0 Å². The van der Waals surface area contributed by atoms with Crippen LogP contribution in [-0.4, -0.2) is 0 Å². The lowest BCUT2D eigenvalue weighted by Gasteiger charge is -2.09. The summed E-state index contributed by atoms with van der Waals surface area (Å²) in [5.41, 5.74) is 8.32. The van der Waals surface area contributed by atoms with Gasteiger partial charge in [-0.2, -0.15) is 11.3 Å². The van der Waals surface area contributed by atoms with Gasteiger partial charge in [-0.05, 0) is 40.1 Å². The van der Waals surface area contributed by atoms with Crippen LogP contribution in [0, 0.1) is 0 Å². The molecular weight excluding hydrogens is 214 g/mol. The smallest absolute Gasteiger partial charge is 0.0559 e. The fourth-order valence-corrected chi connectivity index (χ4v) is 2.14. The molecule has 2 aromatic rings. The minimum absolute atomic E-state index is 0.0430. The summed E-state index contributed by atoms with van der Waals surface area (Å²) < 4.78 is 0. The zero-order valence-electron chi connectivity index (χ0n) is 7.48. The molecule has 0 bridgehead atoms. The molecule has 0 unspecified atom stereocenters. The first kappa shape index (κ1) is 9.71. The maximum Gasteiger partial charge on any atom is 0.0559 e. The first-order chi connectivity index (χ1) is 6.77. The van der Waals surface area contributed by atoms with Gasteiger partial charge in [0.05, 0.1) is 6.04 Å². The molecule has 0 saturated carbocycles. The van der Waals surface area contributed by atoms with Crippen molar-refractivity contribution in [3.63, 3.8) is 0 Å². The third-order valence-electron chi connectivity index (χ3n) is 2.13. The van der Waals surface area contributed by atoms with Crippen LogP contribution in [0.15, 0.2) is 41.1 Å². The minimum atomic E-state index is -0.0430. The van der Waals surface area contributed by atoms with Crippen LogP contribution < -0.4 is 5.73 Å². The third kappa shape index (κ3) is 1.98. The molecule has 0 spiro atoms. The van der Waals surface area contributed by atoms with Gasteiger partial charge in [-0.15, -0.1) is 0 Å². The summed E-state index contributed by atoms with van der Waals surface area (Å²) in [4.78, 5) is 0. The molecule has 0 fully saturated rings. The Morgan fingerprint density at radius 2 is 1.79 bits per heavy atom. The van der Waals surface area contributed by atoms with Gasteiger partial charge < -0.3 is 5.73 Å². The Morgan fingerprint density at radius 1 is 1.07 bits per heavy atom. The van der Waals surface area contributed by atoms with E-state index in [1.54, 1.807) is 11.3 Å². The first-order valence-electron chi connectivity index (χ1n) is 4.30. The summed E-state index contributed by atoms with van der Waals surface area (Å²) in [5, 5.41) is 4.84. The fourth-order valence-electron chi connectivity index (χ4n) is 1.31. The van der Waals surface area contributed by atoms with Crippen molar-refractivity contribution >= 4 is 22.9 Å². The summed E-state index contributed by atoms with van der Waals surface area (Å²) in [6, 6.07) is 9.66. The minimum Gasteiger partial charge on any atom is -0.320 e. The van der Waals surface area contributed by atoms with E-state index in [-0.39, 0.29) is 6.04 Å². The average molecular weight is 224 g/mol. The van der Waals surface area contributed by atoms with E-state index in [2.05, 4.69) is 5.38 Å². The normalized spacial score (nSPS) is 12.7. The third-order valence-corrected chi connectivity index (χ3v) is 3.08. The van der Waals surface area contributed by atoms with E-state index in [9.17, 15) is 0 Å². The van der Waals surface area contributed by atoms with Crippen LogP contribution in [0.25, 0.3) is 0 Å². The number of nitrogens with two attached hydrogens (primary N) is 1. The van der Waals surface area contributed by atoms with Crippen molar-refractivity contribution in [3.05, 3.63) is 57.2 Å². The Morgan fingerprint density at radius 3 is 2.36 bits per heavy atom. The maximum absolute atomic E-state index is 6.07. The van der Waals surface area contributed by atoms with Crippen LogP contribution in [0.4, 0.5) is 0 Å². The Kier molecular flexibility index (Phi) is 2.87. The summed E-state index contributed by atoms with van der Waals surface area (Å²) >= 11 is 7.46. The maximum atomic E-state index is 6.07. The highest BCUT2D eigenvalue weighted by Gasteiger charge is 2.08. The molecule has 0 radical (unpaired) electrons. The Hall–Kier alpha value is -0.830. The van der Waals surface area contributed by atoms with Crippen molar-refractivity contribution in [1.82, 2.24) is 0 Å². The second-order valence-electron chi connectivity index (χ2n) is 3.09. The highest BCUT2D eigenvalue weighted by atomic mass is 35.5. The number of hydrogen-bond acceptors (Lipinski definition) is 2. The molecule has 1 heterocycles. The molecule has 1 nitrogen and oxygen atoms in total. The van der Waals surface area contributed by atoms with Crippen molar-refractivity contribution < 1.29 is 0 Å². The van der Waals surface area contributed by atoms with E-state index in [0.717, 1.165) is 16.1 Å². The number of benzene rings is 1. The van der Waals surface area contributed by atoms with E-state index >= 15 is 0 Å². The number of hydrogen-bond donors (Lipinski definition) is 1. The van der Waals surface area contributed by atoms with E-state index in [4.69, 9.17) is 17.3 Å². The number of thiophene rings is 1. The Bertz CT molecular complexity index is 394. The number of rotatable bonds is 2. The molecule has 1 aromatic heterocycles. The van der Waals surface area contributed by atoms with E-state index in [0.29, 0.717) is 0 Å². The van der Waals surface area contributed by atoms with Gasteiger partial charge in [0, 0.05) is 5.02 Å². The van der Waals surface area contributed by atoms with Gasteiger partial charge in [0.1, 0.15) is 0 Å². The molecule has 0 aliphatic rings. The topological polar surface area (TPSA) is 26.0 Å². The quantitative estimate of drug-likeness (QED) is 0.829. The van der Waals surface area contributed by atoms with E-state index in [1.807, 2.05) is 35.7 Å². The van der Waals surface area contributed by atoms with Gasteiger partial charge in [0.25, 0.3) is 0 Å². The predicted molar refractivity (Wildman–Crippen MR) is 61.8 cm³/mol. The molecule has 1 atom stereocenters. The van der Waals surface area contributed by atoms with Crippen molar-refractivity contribution in [2.45, 2.75) is 6.04 Å².